The SMILES string of the molecule is CCOC(=O)c1nc(C(C)(C)NC)[nH]c(=O)c1OC(=O)c1ccccc1. The Balaban J connectivity index is 2.52. The van der Waals surface area contributed by atoms with Crippen LogP contribution in [-0.4, -0.2) is 35.6 Å². The molecule has 0 fully saturated rings. The third-order valence-corrected chi connectivity index (χ3v) is 3.77. The number of nitrogens with one attached hydrogen (secondary N) is 2. The van der Waals surface area contributed by atoms with Gasteiger partial charge in [-0.3, -0.25) is 4.79 Å². The molecule has 2 rings (SSSR count). The van der Waals surface area contributed by atoms with Crippen LogP contribution in [0.15, 0.2) is 35.1 Å². The van der Waals surface area contributed by atoms with Gasteiger partial charge in [-0.2, -0.15) is 0 Å². The van der Waals surface area contributed by atoms with Gasteiger partial charge in [0.05, 0.1) is 17.7 Å². The quantitative estimate of drug-likeness (QED) is 0.754. The first-order valence-electron chi connectivity index (χ1n) is 8.08. The fourth-order valence-electron chi connectivity index (χ4n) is 2.04. The van der Waals surface area contributed by atoms with Crippen LogP contribution in [-0.2, 0) is 10.3 Å². The van der Waals surface area contributed by atoms with E-state index in [1.54, 1.807) is 46.0 Å². The maximum Gasteiger partial charge on any atom is 0.361 e. The number of carbonyl (C=O) groups excluding carboxylic acids is 2. The van der Waals surface area contributed by atoms with E-state index in [1.807, 2.05) is 0 Å². The molecule has 0 spiro atoms. The fraction of sp³-hybridized carbons (Fsp3) is 0.333. The molecule has 0 aliphatic heterocycles. The van der Waals surface area contributed by atoms with Crippen LogP contribution in [0.25, 0.3) is 0 Å². The minimum absolute atomic E-state index is 0.0874. The van der Waals surface area contributed by atoms with E-state index < -0.39 is 28.8 Å². The van der Waals surface area contributed by atoms with Crippen LogP contribution in [0.4, 0.5) is 0 Å². The Kier molecular flexibility index (Phi) is 5.89. The molecule has 8 heteroatoms. The van der Waals surface area contributed by atoms with Crippen LogP contribution in [0.1, 0.15) is 47.4 Å². The molecule has 0 saturated carbocycles. The number of nitrogens with zero attached hydrogens (tertiary/aromatic N) is 1. The Morgan fingerprint density at radius 2 is 1.85 bits per heavy atom. The number of aromatic amines is 1. The molecule has 0 aliphatic carbocycles. The monoisotopic (exact) mass is 359 g/mol. The molecule has 0 aliphatic rings. The first-order chi connectivity index (χ1) is 12.3. The smallest absolute Gasteiger partial charge is 0.361 e. The highest BCUT2D eigenvalue weighted by Crippen LogP contribution is 2.19. The van der Waals surface area contributed by atoms with E-state index in [1.165, 1.54) is 12.1 Å². The molecule has 1 heterocycles. The average molecular weight is 359 g/mol. The minimum Gasteiger partial charge on any atom is -0.461 e. The van der Waals surface area contributed by atoms with Crippen molar-refractivity contribution in [3.63, 3.8) is 0 Å². The fourth-order valence-corrected chi connectivity index (χ4v) is 2.04. The molecular formula is C18H21N3O5. The summed E-state index contributed by atoms with van der Waals surface area (Å²) in [6, 6.07) is 8.12. The summed E-state index contributed by atoms with van der Waals surface area (Å²) < 4.78 is 10.1. The van der Waals surface area contributed by atoms with Gasteiger partial charge in [-0.05, 0) is 40.0 Å². The summed E-state index contributed by atoms with van der Waals surface area (Å²) in [5.74, 6) is -1.90. The summed E-state index contributed by atoms with van der Waals surface area (Å²) in [6.45, 7) is 5.26. The lowest BCUT2D eigenvalue weighted by Gasteiger charge is -2.23. The molecule has 26 heavy (non-hydrogen) atoms. The number of aromatic nitrogens is 2. The van der Waals surface area contributed by atoms with Crippen molar-refractivity contribution in [1.82, 2.24) is 15.3 Å². The molecule has 0 saturated heterocycles. The van der Waals surface area contributed by atoms with Crippen molar-refractivity contribution >= 4 is 11.9 Å². The lowest BCUT2D eigenvalue weighted by Crippen LogP contribution is -2.38. The number of hydrogen-bond donors (Lipinski definition) is 2. The van der Waals surface area contributed by atoms with Gasteiger partial charge in [0.1, 0.15) is 5.82 Å². The largest absolute Gasteiger partial charge is 0.461 e. The summed E-state index contributed by atoms with van der Waals surface area (Å²) >= 11 is 0. The third-order valence-electron chi connectivity index (χ3n) is 3.77. The Morgan fingerprint density at radius 1 is 1.19 bits per heavy atom. The van der Waals surface area contributed by atoms with Crippen molar-refractivity contribution < 1.29 is 19.1 Å². The standard InChI is InChI=1S/C18H21N3O5/c1-5-25-16(24)12-13(26-15(23)11-9-7-6-8-10-11)14(22)21-17(20-12)18(2,3)19-4/h6-10,19H,5H2,1-4H3,(H,20,21,22). The van der Waals surface area contributed by atoms with Crippen LogP contribution in [0, 0.1) is 0 Å². The van der Waals surface area contributed by atoms with Crippen molar-refractivity contribution in [1.29, 1.82) is 0 Å². The van der Waals surface area contributed by atoms with Crippen molar-refractivity contribution in [3.05, 3.63) is 57.8 Å². The zero-order valence-electron chi connectivity index (χ0n) is 15.1. The summed E-state index contributed by atoms with van der Waals surface area (Å²) in [6.07, 6.45) is 0. The Hall–Kier alpha value is -3.00. The number of rotatable bonds is 6. The van der Waals surface area contributed by atoms with Crippen LogP contribution in [0.3, 0.4) is 0 Å². The van der Waals surface area contributed by atoms with E-state index in [0.717, 1.165) is 0 Å². The second-order valence-electron chi connectivity index (χ2n) is 5.94. The van der Waals surface area contributed by atoms with Gasteiger partial charge in [0, 0.05) is 0 Å². The first-order valence-corrected chi connectivity index (χ1v) is 8.08. The van der Waals surface area contributed by atoms with E-state index in [4.69, 9.17) is 9.47 Å². The first kappa shape index (κ1) is 19.3. The van der Waals surface area contributed by atoms with Crippen LogP contribution in [0.5, 0.6) is 5.75 Å². The van der Waals surface area contributed by atoms with Gasteiger partial charge < -0.3 is 19.8 Å². The van der Waals surface area contributed by atoms with Gasteiger partial charge in [-0.1, -0.05) is 18.2 Å². The molecule has 0 amide bonds. The molecule has 0 bridgehead atoms. The van der Waals surface area contributed by atoms with Crippen molar-refractivity contribution in [2.45, 2.75) is 26.3 Å². The molecule has 8 nitrogen and oxygen atoms in total. The summed E-state index contributed by atoms with van der Waals surface area (Å²) in [4.78, 5) is 43.7. The van der Waals surface area contributed by atoms with E-state index in [9.17, 15) is 14.4 Å². The van der Waals surface area contributed by atoms with E-state index in [2.05, 4.69) is 15.3 Å². The van der Waals surface area contributed by atoms with E-state index in [0.29, 0.717) is 0 Å². The number of ether oxygens (including phenoxy) is 2. The van der Waals surface area contributed by atoms with Crippen LogP contribution < -0.4 is 15.6 Å². The van der Waals surface area contributed by atoms with Crippen LogP contribution in [0.2, 0.25) is 0 Å². The average Bonchev–Trinajstić information content (AvgIpc) is 2.63. The molecule has 1 aromatic heterocycles. The molecular weight excluding hydrogens is 338 g/mol. The number of H-pyrrole nitrogens is 1. The highest BCUT2D eigenvalue weighted by Gasteiger charge is 2.28. The lowest BCUT2D eigenvalue weighted by molar-refractivity contribution is 0.0511. The maximum atomic E-state index is 12.5. The predicted molar refractivity (Wildman–Crippen MR) is 94.3 cm³/mol. The molecule has 138 valence electrons. The summed E-state index contributed by atoms with van der Waals surface area (Å²) in [5.41, 5.74) is -1.58. The van der Waals surface area contributed by atoms with Gasteiger partial charge in [0.15, 0.2) is 5.69 Å². The molecule has 2 aromatic rings. The number of hydrogen-bond acceptors (Lipinski definition) is 7. The Morgan fingerprint density at radius 3 is 2.42 bits per heavy atom. The Labute approximate surface area is 150 Å². The summed E-state index contributed by atoms with van der Waals surface area (Å²) in [5, 5.41) is 2.98. The zero-order chi connectivity index (χ0) is 19.3. The van der Waals surface area contributed by atoms with E-state index >= 15 is 0 Å². The predicted octanol–water partition coefficient (Wildman–Crippen LogP) is 1.62. The van der Waals surface area contributed by atoms with Crippen molar-refractivity contribution in [3.8, 4) is 5.75 Å². The molecule has 0 unspecified atom stereocenters. The topological polar surface area (TPSA) is 110 Å². The highest BCUT2D eigenvalue weighted by molar-refractivity contribution is 5.94. The Bertz CT molecular complexity index is 859. The summed E-state index contributed by atoms with van der Waals surface area (Å²) in [7, 11) is 1.69. The number of benzene rings is 1. The second kappa shape index (κ2) is 7.92. The van der Waals surface area contributed by atoms with Crippen molar-refractivity contribution in [2.24, 2.45) is 0 Å². The molecule has 2 N–H and O–H groups in total. The molecule has 1 aromatic carbocycles. The third kappa shape index (κ3) is 4.15. The maximum absolute atomic E-state index is 12.5. The highest BCUT2D eigenvalue weighted by atomic mass is 16.6. The molecule has 0 atom stereocenters. The number of esters is 2. The zero-order valence-corrected chi connectivity index (χ0v) is 15.1. The minimum atomic E-state index is -0.845. The van der Waals surface area contributed by atoms with Gasteiger partial charge in [-0.25, -0.2) is 14.6 Å². The van der Waals surface area contributed by atoms with Crippen LogP contribution >= 0.6 is 0 Å². The van der Waals surface area contributed by atoms with E-state index in [-0.39, 0.29) is 23.7 Å². The van der Waals surface area contributed by atoms with Gasteiger partial charge in [-0.15, -0.1) is 0 Å². The molecule has 0 radical (unpaired) electrons. The second-order valence-corrected chi connectivity index (χ2v) is 5.94. The lowest BCUT2D eigenvalue weighted by atomic mass is 10.1. The van der Waals surface area contributed by atoms with Gasteiger partial charge in [0.25, 0.3) is 5.56 Å². The van der Waals surface area contributed by atoms with Gasteiger partial charge >= 0.3 is 11.9 Å². The van der Waals surface area contributed by atoms with Gasteiger partial charge in [0.2, 0.25) is 5.75 Å². The number of carbonyl (C=O) groups is 2. The normalized spacial score (nSPS) is 11.1. The van der Waals surface area contributed by atoms with Crippen molar-refractivity contribution in [2.75, 3.05) is 13.7 Å².